The van der Waals surface area contributed by atoms with Crippen LogP contribution in [-0.4, -0.2) is 61.6 Å². The molecule has 0 saturated carbocycles. The number of anilines is 1. The zero-order valence-electron chi connectivity index (χ0n) is 18.9. The van der Waals surface area contributed by atoms with Crippen LogP contribution >= 0.6 is 23.4 Å². The van der Waals surface area contributed by atoms with Crippen molar-refractivity contribution >= 4 is 51.7 Å². The van der Waals surface area contributed by atoms with E-state index in [4.69, 9.17) is 25.8 Å². The number of hydrogen-bond donors (Lipinski definition) is 1. The lowest BCUT2D eigenvalue weighted by Crippen LogP contribution is -2.35. The highest BCUT2D eigenvalue weighted by Crippen LogP contribution is 2.33. The maximum atomic E-state index is 13.0. The minimum absolute atomic E-state index is 0.00496. The summed E-state index contributed by atoms with van der Waals surface area (Å²) in [6.07, 6.45) is -0.00496. The van der Waals surface area contributed by atoms with Crippen molar-refractivity contribution in [3.8, 4) is 11.5 Å². The largest absolute Gasteiger partial charge is 0.493 e. The second-order valence-electron chi connectivity index (χ2n) is 7.24. The number of halogens is 1. The molecule has 0 aliphatic carbocycles. The Morgan fingerprint density at radius 3 is 2.58 bits per heavy atom. The van der Waals surface area contributed by atoms with Gasteiger partial charge in [-0.2, -0.15) is 0 Å². The number of rotatable bonds is 9. The number of carbonyl (C=O) groups is 2. The average Bonchev–Trinajstić information content (AvgIpc) is 3.08. The fourth-order valence-corrected chi connectivity index (χ4v) is 4.53. The number of amides is 2. The third-order valence-electron chi connectivity index (χ3n) is 4.96. The van der Waals surface area contributed by atoms with E-state index in [0.29, 0.717) is 46.2 Å². The molecule has 1 aliphatic heterocycles. The van der Waals surface area contributed by atoms with E-state index in [2.05, 4.69) is 10.3 Å². The Balaban J connectivity index is 1.74. The maximum absolute atomic E-state index is 13.0. The zero-order valence-corrected chi connectivity index (χ0v) is 20.5. The fraction of sp³-hybridized carbons (Fsp3) is 0.348. The highest BCUT2D eigenvalue weighted by atomic mass is 35.5. The SMILES string of the molecule is COCCN1C(=O)C(CC(=O)Nc2ccc(OC)c(OC)c2)SC1=Nc1ccc(C)c(Cl)c1. The molecule has 1 saturated heterocycles. The first-order valence-corrected chi connectivity index (χ1v) is 11.5. The summed E-state index contributed by atoms with van der Waals surface area (Å²) in [4.78, 5) is 31.9. The molecule has 2 amide bonds. The molecule has 2 aromatic carbocycles. The van der Waals surface area contributed by atoms with Crippen molar-refractivity contribution in [2.24, 2.45) is 4.99 Å². The number of amidine groups is 1. The second-order valence-corrected chi connectivity index (χ2v) is 8.82. The highest BCUT2D eigenvalue weighted by Gasteiger charge is 2.39. The van der Waals surface area contributed by atoms with Gasteiger partial charge in [-0.1, -0.05) is 29.4 Å². The first-order valence-electron chi connectivity index (χ1n) is 10.2. The van der Waals surface area contributed by atoms with Gasteiger partial charge in [0.15, 0.2) is 16.7 Å². The van der Waals surface area contributed by atoms with Gasteiger partial charge in [0, 0.05) is 30.3 Å². The van der Waals surface area contributed by atoms with Crippen LogP contribution in [0.2, 0.25) is 5.02 Å². The van der Waals surface area contributed by atoms with E-state index in [-0.39, 0.29) is 18.2 Å². The molecule has 0 spiro atoms. The van der Waals surface area contributed by atoms with E-state index >= 15 is 0 Å². The van der Waals surface area contributed by atoms with Crippen molar-refractivity contribution in [1.82, 2.24) is 4.90 Å². The molecule has 0 bridgehead atoms. The summed E-state index contributed by atoms with van der Waals surface area (Å²) in [7, 11) is 4.63. The Kier molecular flexibility index (Phi) is 8.60. The lowest BCUT2D eigenvalue weighted by molar-refractivity contribution is -0.128. The zero-order chi connectivity index (χ0) is 24.0. The Hall–Kier alpha value is -2.75. The molecular formula is C23H26ClN3O5S. The fourth-order valence-electron chi connectivity index (χ4n) is 3.17. The Morgan fingerprint density at radius 1 is 1.15 bits per heavy atom. The normalized spacial score (nSPS) is 16.9. The molecule has 0 aromatic heterocycles. The number of nitrogens with zero attached hydrogens (tertiary/aromatic N) is 2. The highest BCUT2D eigenvalue weighted by molar-refractivity contribution is 8.15. The van der Waals surface area contributed by atoms with Gasteiger partial charge in [-0.25, -0.2) is 4.99 Å². The van der Waals surface area contributed by atoms with Crippen LogP contribution in [0, 0.1) is 6.92 Å². The van der Waals surface area contributed by atoms with Gasteiger partial charge in [0.2, 0.25) is 11.8 Å². The van der Waals surface area contributed by atoms with Crippen molar-refractivity contribution < 1.29 is 23.8 Å². The summed E-state index contributed by atoms with van der Waals surface area (Å²) in [6, 6.07) is 10.5. The van der Waals surface area contributed by atoms with E-state index < -0.39 is 5.25 Å². The van der Waals surface area contributed by atoms with E-state index in [1.54, 1.807) is 36.3 Å². The monoisotopic (exact) mass is 491 g/mol. The Bertz CT molecular complexity index is 1060. The van der Waals surface area contributed by atoms with Crippen LogP contribution in [-0.2, 0) is 14.3 Å². The molecule has 10 heteroatoms. The number of carbonyl (C=O) groups excluding carboxylic acids is 2. The molecule has 1 unspecified atom stereocenters. The molecular weight excluding hydrogens is 466 g/mol. The molecule has 176 valence electrons. The van der Waals surface area contributed by atoms with Crippen LogP contribution in [0.3, 0.4) is 0 Å². The van der Waals surface area contributed by atoms with Crippen molar-refractivity contribution in [3.05, 3.63) is 47.0 Å². The van der Waals surface area contributed by atoms with Gasteiger partial charge in [0.1, 0.15) is 5.25 Å². The standard InChI is InChI=1S/C23H26ClN3O5S/c1-14-5-6-15(11-17(14)24)26-23-27(9-10-30-2)22(29)20(33-23)13-21(28)25-16-7-8-18(31-3)19(12-16)32-4/h5-8,11-12,20H,9-10,13H2,1-4H3,(H,25,28). The van der Waals surface area contributed by atoms with E-state index in [1.807, 2.05) is 19.1 Å². The van der Waals surface area contributed by atoms with Crippen molar-refractivity contribution in [3.63, 3.8) is 0 Å². The number of aliphatic imine (C=N–C) groups is 1. The van der Waals surface area contributed by atoms with Crippen LogP contribution in [0.4, 0.5) is 11.4 Å². The summed E-state index contributed by atoms with van der Waals surface area (Å²) < 4.78 is 15.6. The number of ether oxygens (including phenoxy) is 3. The van der Waals surface area contributed by atoms with Crippen LogP contribution < -0.4 is 14.8 Å². The number of benzene rings is 2. The topological polar surface area (TPSA) is 89.5 Å². The molecule has 33 heavy (non-hydrogen) atoms. The lowest BCUT2D eigenvalue weighted by Gasteiger charge is -2.16. The van der Waals surface area contributed by atoms with E-state index in [1.165, 1.54) is 26.0 Å². The minimum Gasteiger partial charge on any atom is -0.493 e. The summed E-state index contributed by atoms with van der Waals surface area (Å²) >= 11 is 7.47. The van der Waals surface area contributed by atoms with Gasteiger partial charge in [0.05, 0.1) is 33.1 Å². The van der Waals surface area contributed by atoms with Gasteiger partial charge in [0.25, 0.3) is 0 Å². The third-order valence-corrected chi connectivity index (χ3v) is 6.54. The number of nitrogens with one attached hydrogen (secondary N) is 1. The predicted octanol–water partition coefficient (Wildman–Crippen LogP) is 4.27. The van der Waals surface area contributed by atoms with Gasteiger partial charge in [-0.15, -0.1) is 0 Å². The van der Waals surface area contributed by atoms with Crippen molar-refractivity contribution in [1.29, 1.82) is 0 Å². The molecule has 1 N–H and O–H groups in total. The molecule has 0 radical (unpaired) electrons. The van der Waals surface area contributed by atoms with Gasteiger partial charge in [-0.3, -0.25) is 14.5 Å². The van der Waals surface area contributed by atoms with Crippen LogP contribution in [0.25, 0.3) is 0 Å². The summed E-state index contributed by atoms with van der Waals surface area (Å²) in [6.45, 7) is 2.60. The molecule has 1 fully saturated rings. The summed E-state index contributed by atoms with van der Waals surface area (Å²) in [5.74, 6) is 0.581. The van der Waals surface area contributed by atoms with Gasteiger partial charge >= 0.3 is 0 Å². The minimum atomic E-state index is -0.596. The lowest BCUT2D eigenvalue weighted by atomic mass is 10.2. The predicted molar refractivity (Wildman–Crippen MR) is 131 cm³/mol. The quantitative estimate of drug-likeness (QED) is 0.563. The van der Waals surface area contributed by atoms with Crippen molar-refractivity contribution in [2.75, 3.05) is 39.8 Å². The summed E-state index contributed by atoms with van der Waals surface area (Å²) in [5.41, 5.74) is 2.13. The molecule has 8 nitrogen and oxygen atoms in total. The van der Waals surface area contributed by atoms with Crippen molar-refractivity contribution in [2.45, 2.75) is 18.6 Å². The third kappa shape index (κ3) is 6.19. The molecule has 1 heterocycles. The molecule has 3 rings (SSSR count). The maximum Gasteiger partial charge on any atom is 0.242 e. The summed E-state index contributed by atoms with van der Waals surface area (Å²) in [5, 5.41) is 3.33. The number of hydrogen-bond acceptors (Lipinski definition) is 7. The van der Waals surface area contributed by atoms with Gasteiger partial charge < -0.3 is 19.5 Å². The molecule has 1 aliphatic rings. The van der Waals surface area contributed by atoms with Crippen LogP contribution in [0.1, 0.15) is 12.0 Å². The molecule has 2 aromatic rings. The second kappa shape index (κ2) is 11.4. The Labute approximate surface area is 202 Å². The average molecular weight is 492 g/mol. The first kappa shape index (κ1) is 24.9. The van der Waals surface area contributed by atoms with E-state index in [0.717, 1.165) is 5.56 Å². The molecule has 1 atom stereocenters. The number of aryl methyl sites for hydroxylation is 1. The van der Waals surface area contributed by atoms with E-state index in [9.17, 15) is 9.59 Å². The Morgan fingerprint density at radius 2 is 1.91 bits per heavy atom. The van der Waals surface area contributed by atoms with Crippen LogP contribution in [0.5, 0.6) is 11.5 Å². The number of methoxy groups -OCH3 is 3. The smallest absolute Gasteiger partial charge is 0.242 e. The van der Waals surface area contributed by atoms with Crippen LogP contribution in [0.15, 0.2) is 41.4 Å². The van der Waals surface area contributed by atoms with Gasteiger partial charge in [-0.05, 0) is 36.8 Å². The first-order chi connectivity index (χ1) is 15.9. The number of thioether (sulfide) groups is 1.